The maximum absolute atomic E-state index is 13.7. The van der Waals surface area contributed by atoms with Gasteiger partial charge in [-0.1, -0.05) is 99.8 Å². The van der Waals surface area contributed by atoms with E-state index in [1.165, 1.54) is 0 Å². The Hall–Kier alpha value is -2.22. The van der Waals surface area contributed by atoms with Gasteiger partial charge in [0.05, 0.1) is 6.61 Å². The molecule has 3 aliphatic rings. The number of aliphatic hydroxyl groups is 1. The predicted molar refractivity (Wildman–Crippen MR) is 244 cm³/mol. The monoisotopic (exact) mass is 947 g/mol. The van der Waals surface area contributed by atoms with Gasteiger partial charge in [0.2, 0.25) is 6.29 Å². The Morgan fingerprint density at radius 1 is 0.585 bits per heavy atom. The molecule has 3 fully saturated rings. The largest absolute Gasteiger partial charge is 0.463 e. The summed E-state index contributed by atoms with van der Waals surface area (Å²) in [5, 5.41) is 12.1. The third kappa shape index (κ3) is 18.3. The Balaban J connectivity index is 2.09. The number of aliphatic hydroxyl groups excluding tert-OH is 1. The molecule has 17 heteroatoms. The van der Waals surface area contributed by atoms with Gasteiger partial charge in [-0.15, -0.1) is 0 Å². The van der Waals surface area contributed by atoms with E-state index in [2.05, 4.69) is 33.9 Å². The Labute approximate surface area is 390 Å². The van der Waals surface area contributed by atoms with Gasteiger partial charge in [0, 0.05) is 25.7 Å². The number of carbonyl (C=O) groups is 4. The lowest BCUT2D eigenvalue weighted by molar-refractivity contribution is -0.347. The lowest BCUT2D eigenvalue weighted by Crippen LogP contribution is -2.64. The van der Waals surface area contributed by atoms with E-state index < -0.39 is 112 Å². The van der Waals surface area contributed by atoms with Crippen molar-refractivity contribution in [1.29, 1.82) is 0 Å². The minimum Gasteiger partial charge on any atom is -0.463 e. The lowest BCUT2D eigenvalue weighted by Gasteiger charge is -2.45. The van der Waals surface area contributed by atoms with Crippen molar-refractivity contribution in [3.05, 3.63) is 0 Å². The van der Waals surface area contributed by atoms with Gasteiger partial charge >= 0.3 is 23.9 Å². The summed E-state index contributed by atoms with van der Waals surface area (Å²) in [6.07, 6.45) is -3.75. The summed E-state index contributed by atoms with van der Waals surface area (Å²) in [6.45, 7) is 25.5. The third-order valence-electron chi connectivity index (χ3n) is 12.4. The van der Waals surface area contributed by atoms with E-state index in [1.807, 2.05) is 27.7 Å². The van der Waals surface area contributed by atoms with Crippen LogP contribution in [0.5, 0.6) is 0 Å². The second-order valence-electron chi connectivity index (χ2n) is 20.2. The number of rotatable bonds is 28. The van der Waals surface area contributed by atoms with Crippen LogP contribution in [-0.4, -0.2) is 124 Å². The van der Waals surface area contributed by atoms with E-state index in [0.29, 0.717) is 25.7 Å². The number of hydrogen-bond acceptors (Lipinski definition) is 16. The van der Waals surface area contributed by atoms with Gasteiger partial charge in [-0.05, 0) is 71.5 Å². The zero-order valence-corrected chi connectivity index (χ0v) is 43.1. The summed E-state index contributed by atoms with van der Waals surface area (Å²) in [4.78, 5) is 53.8. The van der Waals surface area contributed by atoms with Crippen molar-refractivity contribution in [1.82, 2.24) is 0 Å². The second kappa shape index (κ2) is 26.5. The molecule has 0 aliphatic carbocycles. The molecule has 1 N–H and O–H groups in total. The van der Waals surface area contributed by atoms with E-state index in [4.69, 9.17) is 51.8 Å². The summed E-state index contributed by atoms with van der Waals surface area (Å²) in [7, 11) is -2.24. The van der Waals surface area contributed by atoms with Crippen LogP contribution < -0.4 is 0 Å². The number of hydrogen-bond donors (Lipinski definition) is 1. The first-order valence-corrected chi connectivity index (χ1v) is 27.5. The van der Waals surface area contributed by atoms with Gasteiger partial charge in [0.1, 0.15) is 37.1 Å². The predicted octanol–water partition coefficient (Wildman–Crippen LogP) is 8.71. The maximum Gasteiger partial charge on any atom is 0.306 e. The van der Waals surface area contributed by atoms with Crippen molar-refractivity contribution in [3.63, 3.8) is 0 Å². The lowest BCUT2D eigenvalue weighted by atomic mass is 9.97. The molecular weight excluding hydrogens is 861 g/mol. The van der Waals surface area contributed by atoms with Gasteiger partial charge in [0.15, 0.2) is 44.5 Å². The van der Waals surface area contributed by atoms with Gasteiger partial charge in [0.25, 0.3) is 0 Å². The van der Waals surface area contributed by atoms with Crippen LogP contribution >= 0.6 is 0 Å². The first-order valence-electron chi connectivity index (χ1n) is 24.6. The van der Waals surface area contributed by atoms with Crippen molar-refractivity contribution >= 4 is 32.2 Å². The molecule has 0 saturated carbocycles. The fraction of sp³-hybridized carbons (Fsp3) is 0.917. The average molecular weight is 947 g/mol. The van der Waals surface area contributed by atoms with Gasteiger partial charge in [-0.2, -0.15) is 0 Å². The van der Waals surface area contributed by atoms with Crippen LogP contribution in [0.25, 0.3) is 0 Å². The number of carbonyl (C=O) groups excluding carboxylic acids is 4. The van der Waals surface area contributed by atoms with Crippen LogP contribution in [0.2, 0.25) is 18.1 Å². The highest BCUT2D eigenvalue weighted by atomic mass is 28.4. The Bertz CT molecular complexity index is 1460. The first-order chi connectivity index (χ1) is 30.5. The summed E-state index contributed by atoms with van der Waals surface area (Å²) < 4.78 is 69.1. The first kappa shape index (κ1) is 57.1. The van der Waals surface area contributed by atoms with E-state index in [-0.39, 0.29) is 37.3 Å². The van der Waals surface area contributed by atoms with E-state index in [9.17, 15) is 24.3 Å². The quantitative estimate of drug-likeness (QED) is 0.0257. The number of esters is 4. The highest BCUT2D eigenvalue weighted by Crippen LogP contribution is 2.42. The normalized spacial score (nSPS) is 28.1. The molecule has 0 spiro atoms. The SMILES string of the molecule is CCCCCC(=O)OC[C@H]1O[C@H](OC(O)[C@H]2OC(C)(C)O[C@H]2[C@@H]2OC(C)(C)O[C@@H]2CO[Si](C)(C)C(C)(C)C)[C@@H](OC(=O)CCCCC)[C@@H](OC(=O)CCCCC)[C@@H]1OC(=O)CCCCC. The van der Waals surface area contributed by atoms with Crippen molar-refractivity contribution in [2.45, 2.75) is 270 Å². The molecule has 0 radical (unpaired) electrons. The molecule has 0 aromatic carbocycles. The topological polar surface area (TPSA) is 190 Å². The molecule has 3 saturated heterocycles. The van der Waals surface area contributed by atoms with Gasteiger partial charge in [-0.25, -0.2) is 0 Å². The van der Waals surface area contributed by atoms with E-state index in [0.717, 1.165) is 51.4 Å². The van der Waals surface area contributed by atoms with E-state index in [1.54, 1.807) is 27.7 Å². The molecule has 16 nitrogen and oxygen atoms in total. The highest BCUT2D eigenvalue weighted by molar-refractivity contribution is 6.74. The fourth-order valence-electron chi connectivity index (χ4n) is 7.76. The van der Waals surface area contributed by atoms with E-state index >= 15 is 0 Å². The zero-order valence-electron chi connectivity index (χ0n) is 42.1. The standard InChI is InChI=1S/C48H86O16Si/c1-14-18-22-26-34(49)54-30-32-38(57-35(50)27-23-19-15-2)40(58-36(51)28-24-20-16-3)43(59-37(52)29-25-21-17-4)45(56-32)60-44(53)42-41(63-48(10,11)64-42)39-33(61-47(8,9)62-39)31-55-65(12,13)46(5,6)7/h32-33,38-45,53H,14-31H2,1-13H3/t32-,33-,38-,39-,40+,41+,42+,43+,44?,45-/m1/s1. The molecule has 3 aliphatic heterocycles. The van der Waals surface area contributed by atoms with Crippen molar-refractivity contribution in [2.24, 2.45) is 0 Å². The molecule has 378 valence electrons. The molecule has 0 aromatic rings. The molecule has 0 aromatic heterocycles. The van der Waals surface area contributed by atoms with Crippen molar-refractivity contribution in [2.75, 3.05) is 13.2 Å². The van der Waals surface area contributed by atoms with Crippen molar-refractivity contribution in [3.8, 4) is 0 Å². The average Bonchev–Trinajstić information content (AvgIpc) is 3.72. The summed E-state index contributed by atoms with van der Waals surface area (Å²) in [6, 6.07) is 0. The minimum absolute atomic E-state index is 0.0278. The van der Waals surface area contributed by atoms with Gasteiger partial charge in [-0.3, -0.25) is 19.2 Å². The van der Waals surface area contributed by atoms with Crippen molar-refractivity contribution < 1.29 is 76.1 Å². The Morgan fingerprint density at radius 2 is 1.03 bits per heavy atom. The molecule has 65 heavy (non-hydrogen) atoms. The molecule has 3 heterocycles. The number of unbranched alkanes of at least 4 members (excludes halogenated alkanes) is 8. The third-order valence-corrected chi connectivity index (χ3v) is 16.9. The van der Waals surface area contributed by atoms with Crippen LogP contribution in [0.3, 0.4) is 0 Å². The zero-order chi connectivity index (χ0) is 48.6. The van der Waals surface area contributed by atoms with Gasteiger partial charge < -0.3 is 56.9 Å². The molecule has 0 amide bonds. The molecular formula is C48H86O16Si. The summed E-state index contributed by atoms with van der Waals surface area (Å²) >= 11 is 0. The minimum atomic E-state index is -2.24. The van der Waals surface area contributed by atoms with Crippen LogP contribution in [0.1, 0.15) is 179 Å². The Kier molecular flexibility index (Phi) is 23.3. The molecule has 1 unspecified atom stereocenters. The van der Waals surface area contributed by atoms with Crippen LogP contribution in [0, 0.1) is 0 Å². The Morgan fingerprint density at radius 3 is 1.52 bits per heavy atom. The summed E-state index contributed by atoms with van der Waals surface area (Å²) in [5.74, 6) is -4.64. The van der Waals surface area contributed by atoms with Crippen LogP contribution in [0.4, 0.5) is 0 Å². The maximum atomic E-state index is 13.7. The molecule has 10 atom stereocenters. The smallest absolute Gasteiger partial charge is 0.306 e. The van der Waals surface area contributed by atoms with Crippen LogP contribution in [0.15, 0.2) is 0 Å². The summed E-state index contributed by atoms with van der Waals surface area (Å²) in [5.41, 5.74) is 0. The second-order valence-corrected chi connectivity index (χ2v) is 25.0. The highest BCUT2D eigenvalue weighted by Gasteiger charge is 2.59. The fourth-order valence-corrected chi connectivity index (χ4v) is 8.78. The molecule has 0 bridgehead atoms. The molecule has 3 rings (SSSR count). The number of ether oxygens (including phenoxy) is 10. The van der Waals surface area contributed by atoms with Crippen LogP contribution in [-0.2, 0) is 71.0 Å².